The van der Waals surface area contributed by atoms with Crippen LogP contribution in [0.1, 0.15) is 15.9 Å². The summed E-state index contributed by atoms with van der Waals surface area (Å²) in [7, 11) is 0. The normalized spacial score (nSPS) is 10.7. The Kier molecular flexibility index (Phi) is 6.04. The fourth-order valence-corrected chi connectivity index (χ4v) is 3.20. The van der Waals surface area contributed by atoms with E-state index in [0.29, 0.717) is 22.8 Å². The maximum absolute atomic E-state index is 13.5. The van der Waals surface area contributed by atoms with Gasteiger partial charge in [-0.05, 0) is 48.5 Å². The third-order valence-electron chi connectivity index (χ3n) is 4.42. The number of anilines is 1. The van der Waals surface area contributed by atoms with Crippen molar-refractivity contribution in [1.82, 2.24) is 9.97 Å². The van der Waals surface area contributed by atoms with Crippen LogP contribution in [0, 0.1) is 11.6 Å². The van der Waals surface area contributed by atoms with Crippen LogP contribution in [0.3, 0.4) is 0 Å². The molecule has 160 valence electrons. The number of hydrogen-bond acceptors (Lipinski definition) is 5. The number of carbonyl (C=O) groups is 2. The van der Waals surface area contributed by atoms with Gasteiger partial charge in [-0.2, -0.15) is 0 Å². The lowest BCUT2D eigenvalue weighted by Crippen LogP contribution is -2.21. The van der Waals surface area contributed by atoms with Gasteiger partial charge in [-0.15, -0.1) is 0 Å². The number of halogens is 3. The predicted molar refractivity (Wildman–Crippen MR) is 115 cm³/mol. The van der Waals surface area contributed by atoms with E-state index in [0.717, 1.165) is 12.1 Å². The Balaban J connectivity index is 1.50. The lowest BCUT2D eigenvalue weighted by Gasteiger charge is -2.12. The van der Waals surface area contributed by atoms with E-state index in [-0.39, 0.29) is 21.9 Å². The molecule has 0 radical (unpaired) electrons. The van der Waals surface area contributed by atoms with E-state index in [2.05, 4.69) is 15.3 Å². The van der Waals surface area contributed by atoms with E-state index >= 15 is 0 Å². The Hall–Kier alpha value is -3.91. The van der Waals surface area contributed by atoms with Gasteiger partial charge in [0.2, 0.25) is 0 Å². The van der Waals surface area contributed by atoms with Crippen LogP contribution < -0.4 is 10.1 Å². The van der Waals surface area contributed by atoms with E-state index in [1.165, 1.54) is 18.2 Å². The van der Waals surface area contributed by atoms with E-state index in [1.807, 2.05) is 0 Å². The smallest absolute Gasteiger partial charge is 0.262 e. The van der Waals surface area contributed by atoms with Gasteiger partial charge in [-0.3, -0.25) is 19.6 Å². The van der Waals surface area contributed by atoms with Gasteiger partial charge in [0.15, 0.2) is 12.4 Å². The Labute approximate surface area is 185 Å². The van der Waals surface area contributed by atoms with Crippen LogP contribution in [0.2, 0.25) is 5.02 Å². The molecular formula is C23H14ClF2N3O3. The Bertz CT molecular complexity index is 1330. The van der Waals surface area contributed by atoms with Crippen LogP contribution in [-0.4, -0.2) is 28.3 Å². The van der Waals surface area contributed by atoms with Crippen molar-refractivity contribution in [3.63, 3.8) is 0 Å². The number of carbonyl (C=O) groups excluding carboxylic acids is 2. The molecule has 0 bridgehead atoms. The standard InChI is InChI=1S/C23H14ClF2N3O3/c24-14-1-4-21(18(9-14)23(31)13-7-15(25)10-16(26)8-13)32-12-22(30)29-17-2-3-19-20(11-17)28-6-5-27-19/h1-11H,12H2,(H,29,30). The summed E-state index contributed by atoms with van der Waals surface area (Å²) in [4.78, 5) is 33.5. The Morgan fingerprint density at radius 1 is 0.906 bits per heavy atom. The first-order valence-electron chi connectivity index (χ1n) is 9.33. The Morgan fingerprint density at radius 3 is 2.38 bits per heavy atom. The molecule has 3 aromatic carbocycles. The van der Waals surface area contributed by atoms with E-state index in [9.17, 15) is 18.4 Å². The molecule has 0 unspecified atom stereocenters. The van der Waals surface area contributed by atoms with Gasteiger partial charge in [0.05, 0.1) is 16.6 Å². The first-order valence-corrected chi connectivity index (χ1v) is 9.70. The van der Waals surface area contributed by atoms with Crippen LogP contribution in [-0.2, 0) is 4.79 Å². The van der Waals surface area contributed by atoms with Gasteiger partial charge in [-0.1, -0.05) is 11.6 Å². The fraction of sp³-hybridized carbons (Fsp3) is 0.0435. The lowest BCUT2D eigenvalue weighted by molar-refractivity contribution is -0.118. The van der Waals surface area contributed by atoms with Crippen molar-refractivity contribution in [3.05, 3.63) is 94.8 Å². The number of ether oxygens (including phenoxy) is 1. The number of nitrogens with zero attached hydrogens (tertiary/aromatic N) is 2. The minimum Gasteiger partial charge on any atom is -0.483 e. The molecule has 0 aliphatic heterocycles. The average Bonchev–Trinajstić information content (AvgIpc) is 2.77. The number of rotatable bonds is 6. The van der Waals surface area contributed by atoms with Gasteiger partial charge < -0.3 is 10.1 Å². The van der Waals surface area contributed by atoms with Crippen LogP contribution in [0.25, 0.3) is 11.0 Å². The minimum atomic E-state index is -0.891. The van der Waals surface area contributed by atoms with Crippen LogP contribution in [0.4, 0.5) is 14.5 Å². The average molecular weight is 454 g/mol. The van der Waals surface area contributed by atoms with Crippen molar-refractivity contribution in [2.75, 3.05) is 11.9 Å². The summed E-state index contributed by atoms with van der Waals surface area (Å²) in [6.45, 7) is -0.419. The molecule has 1 heterocycles. The highest BCUT2D eigenvalue weighted by Gasteiger charge is 2.18. The molecule has 0 saturated carbocycles. The predicted octanol–water partition coefficient (Wildman–Crippen LogP) is 4.81. The van der Waals surface area contributed by atoms with Crippen LogP contribution in [0.15, 0.2) is 67.0 Å². The number of fused-ring (bicyclic) bond motifs is 1. The molecule has 9 heteroatoms. The Morgan fingerprint density at radius 2 is 1.62 bits per heavy atom. The fourth-order valence-electron chi connectivity index (χ4n) is 3.03. The molecule has 6 nitrogen and oxygen atoms in total. The number of aromatic nitrogens is 2. The summed E-state index contributed by atoms with van der Waals surface area (Å²) in [6.07, 6.45) is 3.11. The summed E-state index contributed by atoms with van der Waals surface area (Å²) >= 11 is 5.98. The summed E-state index contributed by atoms with van der Waals surface area (Å²) in [5, 5.41) is 2.89. The quantitative estimate of drug-likeness (QED) is 0.424. The highest BCUT2D eigenvalue weighted by molar-refractivity contribution is 6.31. The van der Waals surface area contributed by atoms with Gasteiger partial charge in [0.25, 0.3) is 5.91 Å². The molecule has 1 N–H and O–H groups in total. The van der Waals surface area contributed by atoms with Crippen molar-refractivity contribution in [3.8, 4) is 5.75 Å². The highest BCUT2D eigenvalue weighted by Crippen LogP contribution is 2.26. The van der Waals surface area contributed by atoms with E-state index in [1.54, 1.807) is 30.6 Å². The van der Waals surface area contributed by atoms with Gasteiger partial charge in [0, 0.05) is 34.7 Å². The summed E-state index contributed by atoms with van der Waals surface area (Å²) < 4.78 is 32.6. The van der Waals surface area contributed by atoms with Crippen LogP contribution in [0.5, 0.6) is 5.75 Å². The highest BCUT2D eigenvalue weighted by atomic mass is 35.5. The van der Waals surface area contributed by atoms with Crippen LogP contribution >= 0.6 is 11.6 Å². The zero-order valence-electron chi connectivity index (χ0n) is 16.3. The first kappa shape index (κ1) is 21.3. The summed E-state index contributed by atoms with van der Waals surface area (Å²) in [5.74, 6) is -2.93. The summed E-state index contributed by atoms with van der Waals surface area (Å²) in [5.41, 5.74) is 1.54. The number of ketones is 1. The number of benzene rings is 3. The lowest BCUT2D eigenvalue weighted by atomic mass is 10.0. The number of amides is 1. The van der Waals surface area contributed by atoms with Crippen molar-refractivity contribution < 1.29 is 23.1 Å². The molecule has 0 saturated heterocycles. The molecule has 4 rings (SSSR count). The molecule has 0 spiro atoms. The van der Waals surface area contributed by atoms with Crippen molar-refractivity contribution in [2.24, 2.45) is 0 Å². The maximum Gasteiger partial charge on any atom is 0.262 e. The second-order valence-electron chi connectivity index (χ2n) is 6.72. The van der Waals surface area contributed by atoms with Crippen molar-refractivity contribution in [1.29, 1.82) is 0 Å². The topological polar surface area (TPSA) is 81.2 Å². The molecule has 32 heavy (non-hydrogen) atoms. The molecule has 0 atom stereocenters. The molecule has 0 aliphatic carbocycles. The molecule has 1 aromatic heterocycles. The van der Waals surface area contributed by atoms with Gasteiger partial charge in [-0.25, -0.2) is 8.78 Å². The third kappa shape index (κ3) is 4.87. The first-order chi connectivity index (χ1) is 15.4. The molecular weight excluding hydrogens is 440 g/mol. The zero-order valence-corrected chi connectivity index (χ0v) is 17.1. The molecule has 1 amide bonds. The van der Waals surface area contributed by atoms with Crippen molar-refractivity contribution >= 4 is 40.0 Å². The van der Waals surface area contributed by atoms with Gasteiger partial charge in [0.1, 0.15) is 17.4 Å². The van der Waals surface area contributed by atoms with Gasteiger partial charge >= 0.3 is 0 Å². The number of hydrogen-bond donors (Lipinski definition) is 1. The largest absolute Gasteiger partial charge is 0.483 e. The third-order valence-corrected chi connectivity index (χ3v) is 4.66. The molecule has 0 aliphatic rings. The monoisotopic (exact) mass is 453 g/mol. The van der Waals surface area contributed by atoms with E-state index in [4.69, 9.17) is 16.3 Å². The van der Waals surface area contributed by atoms with E-state index < -0.39 is 29.9 Å². The minimum absolute atomic E-state index is 0.0312. The maximum atomic E-state index is 13.5. The molecule has 4 aromatic rings. The van der Waals surface area contributed by atoms with Crippen molar-refractivity contribution in [2.45, 2.75) is 0 Å². The molecule has 0 fully saturated rings. The zero-order chi connectivity index (χ0) is 22.7. The second-order valence-corrected chi connectivity index (χ2v) is 7.16. The number of nitrogens with one attached hydrogen (secondary N) is 1. The SMILES string of the molecule is O=C(COc1ccc(Cl)cc1C(=O)c1cc(F)cc(F)c1)Nc1ccc2nccnc2c1. The second kappa shape index (κ2) is 9.07. The summed E-state index contributed by atoms with van der Waals surface area (Å²) in [6, 6.07) is 11.7.